The summed E-state index contributed by atoms with van der Waals surface area (Å²) < 4.78 is 26.9. The first-order valence-corrected chi connectivity index (χ1v) is 13.2. The van der Waals surface area contributed by atoms with E-state index in [1.165, 1.54) is 4.90 Å². The molecule has 0 aromatic heterocycles. The Morgan fingerprint density at radius 2 is 1.66 bits per heavy atom. The monoisotopic (exact) mass is 523 g/mol. The summed E-state index contributed by atoms with van der Waals surface area (Å²) in [5, 5.41) is 2.78. The van der Waals surface area contributed by atoms with Crippen molar-refractivity contribution >= 4 is 43.5 Å². The second-order valence-corrected chi connectivity index (χ2v) is 10.2. The highest BCUT2D eigenvalue weighted by Gasteiger charge is 2.31. The Kier molecular flexibility index (Phi) is 9.71. The van der Waals surface area contributed by atoms with Crippen molar-refractivity contribution in [3.05, 3.63) is 64.6 Å². The van der Waals surface area contributed by atoms with Crippen molar-refractivity contribution in [2.75, 3.05) is 30.2 Å². The molecule has 0 fully saturated rings. The van der Waals surface area contributed by atoms with Gasteiger partial charge < -0.3 is 10.2 Å². The van der Waals surface area contributed by atoms with Gasteiger partial charge in [0.05, 0.1) is 11.9 Å². The van der Waals surface area contributed by atoms with Gasteiger partial charge in [-0.3, -0.25) is 13.9 Å². The first-order valence-electron chi connectivity index (χ1n) is 10.5. The molecule has 0 spiro atoms. The Balaban J connectivity index is 2.33. The van der Waals surface area contributed by atoms with E-state index in [2.05, 4.69) is 21.2 Å². The van der Waals surface area contributed by atoms with E-state index in [-0.39, 0.29) is 12.5 Å². The van der Waals surface area contributed by atoms with E-state index in [0.29, 0.717) is 31.6 Å². The highest BCUT2D eigenvalue weighted by atomic mass is 79.9. The zero-order valence-corrected chi connectivity index (χ0v) is 21.0. The quantitative estimate of drug-likeness (QED) is 0.489. The van der Waals surface area contributed by atoms with Gasteiger partial charge >= 0.3 is 0 Å². The van der Waals surface area contributed by atoms with Crippen molar-refractivity contribution in [1.82, 2.24) is 10.2 Å². The van der Waals surface area contributed by atoms with Gasteiger partial charge in [0, 0.05) is 17.6 Å². The summed E-state index contributed by atoms with van der Waals surface area (Å²) in [5.41, 5.74) is 1.42. The number of nitrogens with zero attached hydrogens (tertiary/aromatic N) is 2. The van der Waals surface area contributed by atoms with Gasteiger partial charge in [-0.2, -0.15) is 0 Å². The van der Waals surface area contributed by atoms with E-state index in [0.717, 1.165) is 20.6 Å². The Morgan fingerprint density at radius 3 is 2.19 bits per heavy atom. The third-order valence-electron chi connectivity index (χ3n) is 5.01. The number of carbonyl (C=O) groups excluding carboxylic acids is 2. The van der Waals surface area contributed by atoms with Gasteiger partial charge in [0.2, 0.25) is 21.8 Å². The smallest absolute Gasteiger partial charge is 0.244 e. The molecular formula is C23H30BrN3O4S. The molecule has 0 saturated carbocycles. The van der Waals surface area contributed by atoms with Crippen LogP contribution in [0.3, 0.4) is 0 Å². The lowest BCUT2D eigenvalue weighted by atomic mass is 10.1. The van der Waals surface area contributed by atoms with Crippen molar-refractivity contribution in [3.63, 3.8) is 0 Å². The maximum Gasteiger partial charge on any atom is 0.244 e. The minimum atomic E-state index is -3.72. The summed E-state index contributed by atoms with van der Waals surface area (Å²) in [7, 11) is -3.72. The minimum Gasteiger partial charge on any atom is -0.355 e. The van der Waals surface area contributed by atoms with E-state index in [1.807, 2.05) is 44.2 Å². The number of anilines is 1. The molecule has 2 aromatic carbocycles. The van der Waals surface area contributed by atoms with Crippen LogP contribution in [0.1, 0.15) is 25.8 Å². The van der Waals surface area contributed by atoms with Gasteiger partial charge in [-0.05, 0) is 49.6 Å². The number of likely N-dealkylation sites (N-methyl/N-ethyl adjacent to an activating group) is 1. The highest BCUT2D eigenvalue weighted by Crippen LogP contribution is 2.21. The standard InChI is InChI=1S/C23H30BrN3O4S/c1-4-21(23(29)25-5-2)26(16-15-18-9-7-6-8-10-18)22(28)17-27(32(3,30)31)20-13-11-19(24)12-14-20/h6-14,21H,4-5,15-17H2,1-3H3,(H,25,29)/t21-/m0/s1. The molecule has 2 amide bonds. The lowest BCUT2D eigenvalue weighted by Crippen LogP contribution is -2.53. The normalized spacial score (nSPS) is 12.1. The third-order valence-corrected chi connectivity index (χ3v) is 6.68. The summed E-state index contributed by atoms with van der Waals surface area (Å²) in [5.74, 6) is -0.668. The average Bonchev–Trinajstić information content (AvgIpc) is 2.75. The molecule has 1 atom stereocenters. The maximum absolute atomic E-state index is 13.4. The number of hydrogen-bond acceptors (Lipinski definition) is 4. The van der Waals surface area contributed by atoms with Crippen LogP contribution in [0.15, 0.2) is 59.1 Å². The number of amides is 2. The zero-order chi connectivity index (χ0) is 23.7. The SMILES string of the molecule is CCNC(=O)[C@H](CC)N(CCc1ccccc1)C(=O)CN(c1ccc(Br)cc1)S(C)(=O)=O. The van der Waals surface area contributed by atoms with Crippen LogP contribution in [-0.4, -0.2) is 57.1 Å². The topological polar surface area (TPSA) is 86.8 Å². The molecule has 2 aromatic rings. The average molecular weight is 524 g/mol. The number of benzene rings is 2. The Morgan fingerprint density at radius 1 is 1.03 bits per heavy atom. The highest BCUT2D eigenvalue weighted by molar-refractivity contribution is 9.10. The largest absolute Gasteiger partial charge is 0.355 e. The molecule has 9 heteroatoms. The first kappa shape index (κ1) is 25.9. The maximum atomic E-state index is 13.4. The van der Waals surface area contributed by atoms with Crippen molar-refractivity contribution < 1.29 is 18.0 Å². The summed E-state index contributed by atoms with van der Waals surface area (Å²) in [4.78, 5) is 27.6. The lowest BCUT2D eigenvalue weighted by molar-refractivity contribution is -0.139. The van der Waals surface area contributed by atoms with Crippen LogP contribution in [0.4, 0.5) is 5.69 Å². The Hall–Kier alpha value is -2.39. The molecule has 1 N–H and O–H groups in total. The zero-order valence-electron chi connectivity index (χ0n) is 18.6. The molecule has 32 heavy (non-hydrogen) atoms. The summed E-state index contributed by atoms with van der Waals surface area (Å²) in [6.45, 7) is 4.03. The van der Waals surface area contributed by atoms with Crippen LogP contribution >= 0.6 is 15.9 Å². The van der Waals surface area contributed by atoms with Crippen molar-refractivity contribution in [1.29, 1.82) is 0 Å². The number of nitrogens with one attached hydrogen (secondary N) is 1. The van der Waals surface area contributed by atoms with Crippen LogP contribution in [0.2, 0.25) is 0 Å². The van der Waals surface area contributed by atoms with Crippen LogP contribution in [0.25, 0.3) is 0 Å². The molecule has 0 saturated heterocycles. The molecule has 0 bridgehead atoms. The number of hydrogen-bond donors (Lipinski definition) is 1. The van der Waals surface area contributed by atoms with Gasteiger partial charge in [0.25, 0.3) is 0 Å². The van der Waals surface area contributed by atoms with Crippen molar-refractivity contribution in [2.45, 2.75) is 32.7 Å². The molecule has 0 heterocycles. The molecule has 0 aliphatic heterocycles. The number of halogens is 1. The van der Waals surface area contributed by atoms with Crippen LogP contribution < -0.4 is 9.62 Å². The second-order valence-electron chi connectivity index (χ2n) is 7.39. The van der Waals surface area contributed by atoms with Crippen molar-refractivity contribution in [3.8, 4) is 0 Å². The number of rotatable bonds is 11. The first-order chi connectivity index (χ1) is 15.2. The summed E-state index contributed by atoms with van der Waals surface area (Å²) in [6.07, 6.45) is 2.04. The second kappa shape index (κ2) is 12.0. The predicted octanol–water partition coefficient (Wildman–Crippen LogP) is 3.20. The van der Waals surface area contributed by atoms with Crippen LogP contribution in [0.5, 0.6) is 0 Å². The van der Waals surface area contributed by atoms with Gasteiger partial charge in [0.1, 0.15) is 12.6 Å². The Bertz CT molecular complexity index is 998. The number of carbonyl (C=O) groups is 2. The third kappa shape index (κ3) is 7.34. The van der Waals surface area contributed by atoms with Crippen LogP contribution in [-0.2, 0) is 26.0 Å². The lowest BCUT2D eigenvalue weighted by Gasteiger charge is -2.32. The molecule has 0 unspecified atom stereocenters. The minimum absolute atomic E-state index is 0.244. The van der Waals surface area contributed by atoms with E-state index in [4.69, 9.17) is 0 Å². The molecule has 0 aliphatic rings. The molecule has 0 radical (unpaired) electrons. The molecular weight excluding hydrogens is 494 g/mol. The van der Waals surface area contributed by atoms with E-state index < -0.39 is 22.0 Å². The van der Waals surface area contributed by atoms with Gasteiger partial charge in [-0.15, -0.1) is 0 Å². The van der Waals surface area contributed by atoms with E-state index >= 15 is 0 Å². The van der Waals surface area contributed by atoms with E-state index in [9.17, 15) is 18.0 Å². The van der Waals surface area contributed by atoms with Gasteiger partial charge in [-0.1, -0.05) is 53.2 Å². The fraction of sp³-hybridized carbons (Fsp3) is 0.391. The fourth-order valence-corrected chi connectivity index (χ4v) is 4.52. The summed E-state index contributed by atoms with van der Waals surface area (Å²) >= 11 is 3.33. The van der Waals surface area contributed by atoms with Crippen LogP contribution in [0, 0.1) is 0 Å². The fourth-order valence-electron chi connectivity index (χ4n) is 3.41. The molecule has 2 rings (SSSR count). The molecule has 0 aliphatic carbocycles. The van der Waals surface area contributed by atoms with Crippen molar-refractivity contribution in [2.24, 2.45) is 0 Å². The Labute approximate surface area is 199 Å². The van der Waals surface area contributed by atoms with Gasteiger partial charge in [0.15, 0.2) is 0 Å². The molecule has 7 nitrogen and oxygen atoms in total. The number of sulfonamides is 1. The van der Waals surface area contributed by atoms with E-state index in [1.54, 1.807) is 24.3 Å². The molecule has 174 valence electrons. The van der Waals surface area contributed by atoms with Gasteiger partial charge in [-0.25, -0.2) is 8.42 Å². The predicted molar refractivity (Wildman–Crippen MR) is 131 cm³/mol. The summed E-state index contributed by atoms with van der Waals surface area (Å²) in [6, 6.07) is 15.7.